The first-order valence-electron chi connectivity index (χ1n) is 7.85. The number of nitrogens with zero attached hydrogens (tertiary/aromatic N) is 1. The van der Waals surface area contributed by atoms with E-state index in [1.54, 1.807) is 0 Å². The molecule has 1 N–H and O–H groups in total. The van der Waals surface area contributed by atoms with Gasteiger partial charge in [0.05, 0.1) is 0 Å². The van der Waals surface area contributed by atoms with E-state index in [2.05, 4.69) is 24.1 Å². The predicted molar refractivity (Wildman–Crippen MR) is 82.1 cm³/mol. The third-order valence-corrected chi connectivity index (χ3v) is 4.86. The molecule has 1 saturated carbocycles. The van der Waals surface area contributed by atoms with E-state index < -0.39 is 0 Å². The molecule has 1 aliphatic heterocycles. The first kappa shape index (κ1) is 13.9. The number of hydrogen-bond donors (Lipinski definition) is 1. The summed E-state index contributed by atoms with van der Waals surface area (Å²) in [6, 6.07) is 10.7. The standard InChI is InChI=1S/C17H26N2O/c1-14-12-19(17(2,13-18-14)15-8-9-15)10-11-20-16-6-4-3-5-7-16/h3-7,14-15,18H,8-13H2,1-2H3. The SMILES string of the molecule is CC1CN(CCOc2ccccc2)C(C)(C2CC2)CN1. The Hall–Kier alpha value is -1.06. The number of hydrogen-bond acceptors (Lipinski definition) is 3. The second kappa shape index (κ2) is 5.74. The number of rotatable bonds is 5. The quantitative estimate of drug-likeness (QED) is 0.893. The van der Waals surface area contributed by atoms with Crippen molar-refractivity contribution < 1.29 is 4.74 Å². The summed E-state index contributed by atoms with van der Waals surface area (Å²) in [4.78, 5) is 2.65. The Labute approximate surface area is 122 Å². The summed E-state index contributed by atoms with van der Waals surface area (Å²) in [6.07, 6.45) is 2.78. The van der Waals surface area contributed by atoms with Crippen molar-refractivity contribution >= 4 is 0 Å². The van der Waals surface area contributed by atoms with Crippen LogP contribution in [0, 0.1) is 5.92 Å². The van der Waals surface area contributed by atoms with Crippen LogP contribution in [-0.4, -0.2) is 42.7 Å². The van der Waals surface area contributed by atoms with Crippen molar-refractivity contribution in [3.63, 3.8) is 0 Å². The van der Waals surface area contributed by atoms with Crippen molar-refractivity contribution in [1.82, 2.24) is 10.2 Å². The largest absolute Gasteiger partial charge is 0.492 e. The topological polar surface area (TPSA) is 24.5 Å². The van der Waals surface area contributed by atoms with Gasteiger partial charge in [0, 0.05) is 31.2 Å². The van der Waals surface area contributed by atoms with E-state index in [0.29, 0.717) is 11.6 Å². The van der Waals surface area contributed by atoms with Gasteiger partial charge in [-0.25, -0.2) is 0 Å². The van der Waals surface area contributed by atoms with E-state index in [9.17, 15) is 0 Å². The zero-order valence-corrected chi connectivity index (χ0v) is 12.6. The van der Waals surface area contributed by atoms with Crippen molar-refractivity contribution in [2.45, 2.75) is 38.3 Å². The normalized spacial score (nSPS) is 31.2. The average Bonchev–Trinajstić information content (AvgIpc) is 3.29. The van der Waals surface area contributed by atoms with Crippen molar-refractivity contribution in [2.24, 2.45) is 5.92 Å². The number of nitrogens with one attached hydrogen (secondary N) is 1. The molecule has 0 spiro atoms. The number of benzene rings is 1. The van der Waals surface area contributed by atoms with Crippen LogP contribution in [0.25, 0.3) is 0 Å². The lowest BCUT2D eigenvalue weighted by Gasteiger charge is -2.48. The molecule has 0 radical (unpaired) electrons. The molecular formula is C17H26N2O. The molecule has 1 aromatic carbocycles. The zero-order valence-electron chi connectivity index (χ0n) is 12.6. The van der Waals surface area contributed by atoms with E-state index in [0.717, 1.165) is 37.9 Å². The summed E-state index contributed by atoms with van der Waals surface area (Å²) < 4.78 is 5.88. The molecule has 0 amide bonds. The van der Waals surface area contributed by atoms with Crippen LogP contribution in [0.3, 0.4) is 0 Å². The van der Waals surface area contributed by atoms with Gasteiger partial charge in [0.15, 0.2) is 0 Å². The predicted octanol–water partition coefficient (Wildman–Crippen LogP) is 2.53. The van der Waals surface area contributed by atoms with E-state index in [1.807, 2.05) is 30.3 Å². The van der Waals surface area contributed by atoms with Gasteiger partial charge in [-0.1, -0.05) is 18.2 Å². The molecule has 1 heterocycles. The van der Waals surface area contributed by atoms with Crippen LogP contribution < -0.4 is 10.1 Å². The maximum Gasteiger partial charge on any atom is 0.119 e. The Kier molecular flexibility index (Phi) is 3.99. The highest BCUT2D eigenvalue weighted by atomic mass is 16.5. The third kappa shape index (κ3) is 2.99. The molecule has 20 heavy (non-hydrogen) atoms. The first-order valence-corrected chi connectivity index (χ1v) is 7.85. The van der Waals surface area contributed by atoms with Gasteiger partial charge in [-0.05, 0) is 44.7 Å². The maximum absolute atomic E-state index is 5.88. The van der Waals surface area contributed by atoms with Gasteiger partial charge in [-0.3, -0.25) is 4.90 Å². The molecule has 3 heteroatoms. The molecule has 1 aromatic rings. The molecule has 2 fully saturated rings. The molecule has 2 unspecified atom stereocenters. The van der Waals surface area contributed by atoms with Gasteiger partial charge in [0.25, 0.3) is 0 Å². The van der Waals surface area contributed by atoms with E-state index in [4.69, 9.17) is 4.74 Å². The molecule has 1 aliphatic carbocycles. The van der Waals surface area contributed by atoms with Gasteiger partial charge < -0.3 is 10.1 Å². The highest BCUT2D eigenvalue weighted by Gasteiger charge is 2.47. The minimum atomic E-state index is 0.326. The minimum absolute atomic E-state index is 0.326. The number of para-hydroxylation sites is 1. The fraction of sp³-hybridized carbons (Fsp3) is 0.647. The molecule has 2 atom stereocenters. The van der Waals surface area contributed by atoms with Gasteiger partial charge in [0.1, 0.15) is 12.4 Å². The maximum atomic E-state index is 5.88. The Morgan fingerprint density at radius 3 is 2.75 bits per heavy atom. The van der Waals surface area contributed by atoms with Gasteiger partial charge >= 0.3 is 0 Å². The summed E-state index contributed by atoms with van der Waals surface area (Å²) in [7, 11) is 0. The zero-order chi connectivity index (χ0) is 14.0. The smallest absolute Gasteiger partial charge is 0.119 e. The lowest BCUT2D eigenvalue weighted by atomic mass is 9.90. The fourth-order valence-corrected chi connectivity index (χ4v) is 3.34. The van der Waals surface area contributed by atoms with E-state index in [1.165, 1.54) is 12.8 Å². The Morgan fingerprint density at radius 1 is 1.30 bits per heavy atom. The Bertz CT molecular complexity index is 432. The fourth-order valence-electron chi connectivity index (χ4n) is 3.34. The van der Waals surface area contributed by atoms with Crippen molar-refractivity contribution in [3.05, 3.63) is 30.3 Å². The molecule has 2 aliphatic rings. The van der Waals surface area contributed by atoms with Crippen LogP contribution >= 0.6 is 0 Å². The van der Waals surface area contributed by atoms with Crippen LogP contribution in [0.4, 0.5) is 0 Å². The van der Waals surface area contributed by atoms with Crippen LogP contribution in [0.1, 0.15) is 26.7 Å². The molecular weight excluding hydrogens is 248 g/mol. The lowest BCUT2D eigenvalue weighted by Crippen LogP contribution is -2.64. The van der Waals surface area contributed by atoms with Gasteiger partial charge in [0.2, 0.25) is 0 Å². The van der Waals surface area contributed by atoms with Crippen LogP contribution in [0.5, 0.6) is 5.75 Å². The Morgan fingerprint density at radius 2 is 2.05 bits per heavy atom. The molecule has 0 aromatic heterocycles. The summed E-state index contributed by atoms with van der Waals surface area (Å²) in [6.45, 7) is 8.74. The Balaban J connectivity index is 1.56. The summed E-state index contributed by atoms with van der Waals surface area (Å²) in [5.74, 6) is 1.85. The monoisotopic (exact) mass is 274 g/mol. The average molecular weight is 274 g/mol. The van der Waals surface area contributed by atoms with E-state index in [-0.39, 0.29) is 0 Å². The van der Waals surface area contributed by atoms with Gasteiger partial charge in [-0.2, -0.15) is 0 Å². The van der Waals surface area contributed by atoms with Crippen molar-refractivity contribution in [3.8, 4) is 5.75 Å². The highest BCUT2D eigenvalue weighted by Crippen LogP contribution is 2.43. The number of ether oxygens (including phenoxy) is 1. The third-order valence-electron chi connectivity index (χ3n) is 4.86. The summed E-state index contributed by atoms with van der Waals surface area (Å²) in [5, 5.41) is 3.65. The molecule has 1 saturated heterocycles. The molecule has 3 nitrogen and oxygen atoms in total. The lowest BCUT2D eigenvalue weighted by molar-refractivity contribution is 0.0278. The first-order chi connectivity index (χ1) is 9.68. The molecule has 3 rings (SSSR count). The highest BCUT2D eigenvalue weighted by molar-refractivity contribution is 5.20. The van der Waals surface area contributed by atoms with E-state index >= 15 is 0 Å². The molecule has 0 bridgehead atoms. The van der Waals surface area contributed by atoms with Crippen LogP contribution in [0.15, 0.2) is 30.3 Å². The second-order valence-electron chi connectivity index (χ2n) is 6.52. The summed E-state index contributed by atoms with van der Waals surface area (Å²) in [5.41, 5.74) is 0.326. The number of piperazine rings is 1. The molecule has 110 valence electrons. The minimum Gasteiger partial charge on any atom is -0.492 e. The van der Waals surface area contributed by atoms with Crippen molar-refractivity contribution in [1.29, 1.82) is 0 Å². The van der Waals surface area contributed by atoms with Crippen molar-refractivity contribution in [2.75, 3.05) is 26.2 Å². The van der Waals surface area contributed by atoms with Gasteiger partial charge in [-0.15, -0.1) is 0 Å². The second-order valence-corrected chi connectivity index (χ2v) is 6.52. The summed E-state index contributed by atoms with van der Waals surface area (Å²) >= 11 is 0. The van der Waals surface area contributed by atoms with Crippen LogP contribution in [-0.2, 0) is 0 Å². The van der Waals surface area contributed by atoms with Crippen LogP contribution in [0.2, 0.25) is 0 Å².